The first-order valence-corrected chi connectivity index (χ1v) is 9.91. The van der Waals surface area contributed by atoms with E-state index in [1.807, 2.05) is 0 Å². The Balaban J connectivity index is 0.00000225. The zero-order valence-corrected chi connectivity index (χ0v) is 17.9. The Labute approximate surface area is 175 Å². The van der Waals surface area contributed by atoms with E-state index < -0.39 is 0 Å². The van der Waals surface area contributed by atoms with Gasteiger partial charge in [0.1, 0.15) is 11.5 Å². The van der Waals surface area contributed by atoms with Crippen LogP contribution in [0.1, 0.15) is 6.42 Å². The first-order chi connectivity index (χ1) is 13.2. The average Bonchev–Trinajstić information content (AvgIpc) is 3.21. The summed E-state index contributed by atoms with van der Waals surface area (Å²) in [5.74, 6) is 1.05. The summed E-state index contributed by atoms with van der Waals surface area (Å²) in [4.78, 5) is 8.08. The lowest BCUT2D eigenvalue weighted by Gasteiger charge is -2.13. The van der Waals surface area contributed by atoms with Crippen LogP contribution in [0.25, 0.3) is 26.4 Å². The second-order valence-corrected chi connectivity index (χ2v) is 7.72. The molecule has 0 saturated carbocycles. The summed E-state index contributed by atoms with van der Waals surface area (Å²) in [5, 5.41) is 3.60. The van der Waals surface area contributed by atoms with Gasteiger partial charge in [-0.25, -0.2) is 4.98 Å². The number of ether oxygens (including phenoxy) is 1. The van der Waals surface area contributed by atoms with E-state index in [0.29, 0.717) is 0 Å². The standard InChI is InChI=1S/C21H24N4OS.ClH/c1-24(2)16-11-9-15(10-12-16)19-20(22-13-6-14-26-3)25-17-7-4-5-8-18(17)27-21(25)23-19;/h4-5,7-12,22H,6,13-14H2,1-3H3;1H. The van der Waals surface area contributed by atoms with Gasteiger partial charge in [0, 0.05) is 45.6 Å². The Morgan fingerprint density at radius 2 is 1.86 bits per heavy atom. The van der Waals surface area contributed by atoms with Crippen molar-refractivity contribution in [2.45, 2.75) is 6.42 Å². The van der Waals surface area contributed by atoms with Crippen LogP contribution >= 0.6 is 23.7 Å². The molecule has 7 heteroatoms. The number of hydrogen-bond acceptors (Lipinski definition) is 5. The van der Waals surface area contributed by atoms with Gasteiger partial charge < -0.3 is 15.0 Å². The molecule has 0 atom stereocenters. The maximum Gasteiger partial charge on any atom is 0.197 e. The fourth-order valence-electron chi connectivity index (χ4n) is 3.22. The first-order valence-electron chi connectivity index (χ1n) is 9.09. The largest absolute Gasteiger partial charge is 0.385 e. The van der Waals surface area contributed by atoms with Crippen molar-refractivity contribution in [3.63, 3.8) is 0 Å². The van der Waals surface area contributed by atoms with E-state index >= 15 is 0 Å². The number of imidazole rings is 1. The molecule has 0 aliphatic carbocycles. The molecule has 0 spiro atoms. The van der Waals surface area contributed by atoms with Gasteiger partial charge in [0.05, 0.1) is 10.2 Å². The molecular formula is C21H25ClN4OS. The van der Waals surface area contributed by atoms with E-state index in [0.717, 1.165) is 41.6 Å². The summed E-state index contributed by atoms with van der Waals surface area (Å²) in [7, 11) is 5.84. The van der Waals surface area contributed by atoms with Crippen LogP contribution in [0.15, 0.2) is 48.5 Å². The second kappa shape index (κ2) is 8.82. The van der Waals surface area contributed by atoms with Crippen molar-refractivity contribution in [1.82, 2.24) is 9.38 Å². The van der Waals surface area contributed by atoms with Crippen molar-refractivity contribution >= 4 is 50.4 Å². The molecule has 4 aromatic rings. The third-order valence-electron chi connectivity index (χ3n) is 4.63. The van der Waals surface area contributed by atoms with Gasteiger partial charge in [0.25, 0.3) is 0 Å². The summed E-state index contributed by atoms with van der Waals surface area (Å²) >= 11 is 1.72. The van der Waals surface area contributed by atoms with Crippen LogP contribution in [-0.2, 0) is 4.74 Å². The molecule has 28 heavy (non-hydrogen) atoms. The molecule has 0 amide bonds. The molecule has 0 radical (unpaired) electrons. The van der Waals surface area contributed by atoms with Gasteiger partial charge in [0.2, 0.25) is 0 Å². The van der Waals surface area contributed by atoms with Crippen LogP contribution in [0.4, 0.5) is 11.5 Å². The van der Waals surface area contributed by atoms with Crippen molar-refractivity contribution < 1.29 is 4.74 Å². The van der Waals surface area contributed by atoms with Gasteiger partial charge in [-0.15, -0.1) is 12.4 Å². The lowest BCUT2D eigenvalue weighted by atomic mass is 10.1. The van der Waals surface area contributed by atoms with Gasteiger partial charge in [-0.3, -0.25) is 4.40 Å². The predicted octanol–water partition coefficient (Wildman–Crippen LogP) is 5.15. The van der Waals surface area contributed by atoms with E-state index in [-0.39, 0.29) is 12.4 Å². The molecule has 148 valence electrons. The summed E-state index contributed by atoms with van der Waals surface area (Å²) in [6.45, 7) is 1.58. The Hall–Kier alpha value is -2.28. The summed E-state index contributed by atoms with van der Waals surface area (Å²) in [5.41, 5.74) is 4.49. The minimum Gasteiger partial charge on any atom is -0.385 e. The Morgan fingerprint density at radius 3 is 2.57 bits per heavy atom. The van der Waals surface area contributed by atoms with Crippen LogP contribution in [0.3, 0.4) is 0 Å². The van der Waals surface area contributed by atoms with Crippen molar-refractivity contribution in [3.8, 4) is 11.3 Å². The van der Waals surface area contributed by atoms with Gasteiger partial charge in [-0.1, -0.05) is 35.6 Å². The highest BCUT2D eigenvalue weighted by Gasteiger charge is 2.18. The van der Waals surface area contributed by atoms with Crippen molar-refractivity contribution in [1.29, 1.82) is 0 Å². The number of nitrogens with one attached hydrogen (secondary N) is 1. The Kier molecular flexibility index (Phi) is 6.44. The van der Waals surface area contributed by atoms with Crippen molar-refractivity contribution in [2.24, 2.45) is 0 Å². The van der Waals surface area contributed by atoms with Crippen LogP contribution < -0.4 is 10.2 Å². The molecule has 0 aliphatic rings. The van der Waals surface area contributed by atoms with Gasteiger partial charge >= 0.3 is 0 Å². The molecule has 0 fully saturated rings. The molecule has 0 saturated heterocycles. The van der Waals surface area contributed by atoms with Crippen LogP contribution in [0.2, 0.25) is 0 Å². The number of rotatable bonds is 7. The normalized spacial score (nSPS) is 11.0. The van der Waals surface area contributed by atoms with E-state index in [9.17, 15) is 0 Å². The number of benzene rings is 2. The highest BCUT2D eigenvalue weighted by Crippen LogP contribution is 2.36. The molecule has 4 rings (SSSR count). The van der Waals surface area contributed by atoms with E-state index in [4.69, 9.17) is 9.72 Å². The number of fused-ring (bicyclic) bond motifs is 3. The molecule has 2 aromatic carbocycles. The number of para-hydroxylation sites is 1. The van der Waals surface area contributed by atoms with Crippen molar-refractivity contribution in [2.75, 3.05) is 44.6 Å². The maximum atomic E-state index is 5.19. The molecule has 0 aliphatic heterocycles. The third-order valence-corrected chi connectivity index (χ3v) is 5.65. The second-order valence-electron chi connectivity index (χ2n) is 6.71. The number of anilines is 2. The fraction of sp³-hybridized carbons (Fsp3) is 0.286. The molecule has 2 heterocycles. The van der Waals surface area contributed by atoms with Gasteiger partial charge in [-0.2, -0.15) is 0 Å². The van der Waals surface area contributed by atoms with Crippen LogP contribution in [-0.4, -0.2) is 43.7 Å². The first kappa shape index (κ1) is 20.5. The molecular weight excluding hydrogens is 392 g/mol. The zero-order chi connectivity index (χ0) is 18.8. The Morgan fingerprint density at radius 1 is 1.11 bits per heavy atom. The number of nitrogens with zero attached hydrogens (tertiary/aromatic N) is 3. The van der Waals surface area contributed by atoms with Gasteiger partial charge in [0.15, 0.2) is 4.96 Å². The number of hydrogen-bond donors (Lipinski definition) is 1. The van der Waals surface area contributed by atoms with Crippen molar-refractivity contribution in [3.05, 3.63) is 48.5 Å². The highest BCUT2D eigenvalue weighted by atomic mass is 35.5. The predicted molar refractivity (Wildman–Crippen MR) is 123 cm³/mol. The molecule has 5 nitrogen and oxygen atoms in total. The third kappa shape index (κ3) is 3.81. The van der Waals surface area contributed by atoms with E-state index in [1.165, 1.54) is 15.9 Å². The molecule has 1 N–H and O–H groups in total. The summed E-state index contributed by atoms with van der Waals surface area (Å²) in [6.07, 6.45) is 0.949. The SMILES string of the molecule is COCCCNc1c(-c2ccc(N(C)C)cc2)nc2sc3ccccc3n12.Cl. The number of methoxy groups -OCH3 is 1. The molecule has 0 unspecified atom stereocenters. The van der Waals surface area contributed by atoms with E-state index in [2.05, 4.69) is 77.2 Å². The number of halogens is 1. The number of aromatic nitrogens is 2. The monoisotopic (exact) mass is 416 g/mol. The zero-order valence-electron chi connectivity index (χ0n) is 16.3. The average molecular weight is 417 g/mol. The highest BCUT2D eigenvalue weighted by molar-refractivity contribution is 7.23. The minimum absolute atomic E-state index is 0. The lowest BCUT2D eigenvalue weighted by Crippen LogP contribution is -2.08. The molecule has 2 aromatic heterocycles. The topological polar surface area (TPSA) is 41.8 Å². The van der Waals surface area contributed by atoms with Gasteiger partial charge in [-0.05, 0) is 30.7 Å². The summed E-state index contributed by atoms with van der Waals surface area (Å²) < 4.78 is 8.67. The summed E-state index contributed by atoms with van der Waals surface area (Å²) in [6, 6.07) is 17.0. The quantitative estimate of drug-likeness (QED) is 0.423. The van der Waals surface area contributed by atoms with Crippen LogP contribution in [0.5, 0.6) is 0 Å². The smallest absolute Gasteiger partial charge is 0.197 e. The maximum absolute atomic E-state index is 5.19. The lowest BCUT2D eigenvalue weighted by molar-refractivity contribution is 0.198. The molecule has 0 bridgehead atoms. The number of thiazole rings is 1. The minimum atomic E-state index is 0. The Bertz CT molecular complexity index is 1060. The fourth-order valence-corrected chi connectivity index (χ4v) is 4.25. The van der Waals surface area contributed by atoms with E-state index in [1.54, 1.807) is 18.4 Å². The van der Waals surface area contributed by atoms with Crippen LogP contribution in [0, 0.1) is 0 Å².